The van der Waals surface area contributed by atoms with Crippen molar-refractivity contribution in [2.24, 2.45) is 0 Å². The normalized spacial score (nSPS) is 15.7. The molecule has 510 valence electrons. The SMILES string of the molecule is CC(C)OCCOc1c2cc(C(C)(C)C)cc1Cc1cc(C(C)(C)C)cc3c1OCCOCCOCCOCCOCCOc1c(cc(C(C)(C)C)cc1Cc1cc(C(C)(C)C)cc(c1OCCOC(C)C)Cc1cc(C(C)(C)C)cc(c1OCCOC(C)C)C3)C2. The summed E-state index contributed by atoms with van der Waals surface area (Å²) < 4.78 is 79.6. The van der Waals surface area contributed by atoms with Crippen molar-refractivity contribution in [3.05, 3.63) is 144 Å². The first-order valence-electron chi connectivity index (χ1n) is 34.4. The fraction of sp³-hybridized carbons (Fsp3) is 0.625. The Morgan fingerprint density at radius 1 is 0.272 bits per heavy atom. The van der Waals surface area contributed by atoms with Crippen LogP contribution in [0.2, 0.25) is 0 Å². The lowest BCUT2D eigenvalue weighted by molar-refractivity contribution is -0.00706. The van der Waals surface area contributed by atoms with E-state index in [4.69, 9.17) is 56.8 Å². The van der Waals surface area contributed by atoms with Crippen molar-refractivity contribution in [2.45, 2.75) is 223 Å². The summed E-state index contributed by atoms with van der Waals surface area (Å²) in [6.07, 6.45) is 2.73. The first kappa shape index (κ1) is 74.2. The summed E-state index contributed by atoms with van der Waals surface area (Å²) >= 11 is 0. The van der Waals surface area contributed by atoms with Crippen molar-refractivity contribution in [2.75, 3.05) is 106 Å². The van der Waals surface area contributed by atoms with Gasteiger partial charge in [-0.05, 0) is 152 Å². The molecule has 7 rings (SSSR count). The Labute approximate surface area is 555 Å². The van der Waals surface area contributed by atoms with E-state index in [9.17, 15) is 0 Å². The van der Waals surface area contributed by atoms with Crippen LogP contribution in [-0.2, 0) is 92.3 Å². The van der Waals surface area contributed by atoms with Gasteiger partial charge in [0.2, 0.25) is 0 Å². The van der Waals surface area contributed by atoms with Gasteiger partial charge in [0.15, 0.2) is 0 Å². The molecule has 5 aromatic rings. The fourth-order valence-electron chi connectivity index (χ4n) is 11.7. The summed E-state index contributed by atoms with van der Waals surface area (Å²) in [4.78, 5) is 0. The van der Waals surface area contributed by atoms with Crippen molar-refractivity contribution >= 4 is 0 Å². The summed E-state index contributed by atoms with van der Waals surface area (Å²) in [6.45, 7) is 53.3. The van der Waals surface area contributed by atoms with Crippen LogP contribution in [0, 0.1) is 0 Å². The van der Waals surface area contributed by atoms with E-state index in [0.717, 1.165) is 84.4 Å². The third kappa shape index (κ3) is 21.9. The minimum atomic E-state index is -0.245. The van der Waals surface area contributed by atoms with E-state index < -0.39 is 0 Å². The highest BCUT2D eigenvalue weighted by atomic mass is 16.6. The largest absolute Gasteiger partial charge is 0.491 e. The van der Waals surface area contributed by atoms with Gasteiger partial charge >= 0.3 is 0 Å². The molecule has 0 N–H and O–H groups in total. The minimum absolute atomic E-state index is 0.0388. The Morgan fingerprint density at radius 3 is 0.652 bits per heavy atom. The van der Waals surface area contributed by atoms with Crippen molar-refractivity contribution < 1.29 is 56.8 Å². The maximum absolute atomic E-state index is 7.30. The van der Waals surface area contributed by atoms with Crippen molar-refractivity contribution in [3.8, 4) is 28.7 Å². The van der Waals surface area contributed by atoms with Gasteiger partial charge < -0.3 is 56.8 Å². The lowest BCUT2D eigenvalue weighted by atomic mass is 9.79. The highest BCUT2D eigenvalue weighted by Crippen LogP contribution is 2.46. The lowest BCUT2D eigenvalue weighted by Crippen LogP contribution is -2.19. The van der Waals surface area contributed by atoms with Gasteiger partial charge in [-0.15, -0.1) is 0 Å². The first-order valence-corrected chi connectivity index (χ1v) is 34.4. The lowest BCUT2D eigenvalue weighted by Gasteiger charge is -2.29. The molecule has 0 unspecified atom stereocenters. The third-order valence-corrected chi connectivity index (χ3v) is 16.9. The monoisotopic (exact) mass is 1270 g/mol. The van der Waals surface area contributed by atoms with Crippen LogP contribution < -0.4 is 23.7 Å². The maximum atomic E-state index is 7.30. The molecule has 0 fully saturated rings. The van der Waals surface area contributed by atoms with Crippen LogP contribution in [0.1, 0.15) is 229 Å². The van der Waals surface area contributed by atoms with Gasteiger partial charge in [0.1, 0.15) is 61.8 Å². The molecule has 0 spiro atoms. The average molecular weight is 1270 g/mol. The second kappa shape index (κ2) is 33.0. The fourth-order valence-corrected chi connectivity index (χ4v) is 11.7. The zero-order valence-corrected chi connectivity index (χ0v) is 60.8. The molecular weight excluding hydrogens is 1150 g/mol. The van der Waals surface area contributed by atoms with Crippen LogP contribution in [-0.4, -0.2) is 124 Å². The molecule has 2 aliphatic rings. The van der Waals surface area contributed by atoms with Crippen molar-refractivity contribution in [1.29, 1.82) is 0 Å². The highest BCUT2D eigenvalue weighted by molar-refractivity contribution is 5.61. The zero-order chi connectivity index (χ0) is 67.2. The predicted molar refractivity (Wildman–Crippen MR) is 374 cm³/mol. The molecule has 0 radical (unpaired) electrons. The Kier molecular flexibility index (Phi) is 26.6. The Bertz CT molecular complexity index is 2960. The number of rotatable bonds is 15. The summed E-state index contributed by atoms with van der Waals surface area (Å²) in [5.74, 6) is 4.16. The van der Waals surface area contributed by atoms with E-state index in [-0.39, 0.29) is 45.4 Å². The van der Waals surface area contributed by atoms with Crippen LogP contribution in [0.25, 0.3) is 0 Å². The smallest absolute Gasteiger partial charge is 0.126 e. The quantitative estimate of drug-likeness (QED) is 0.0913. The van der Waals surface area contributed by atoms with E-state index in [1.807, 2.05) is 0 Å². The molecule has 92 heavy (non-hydrogen) atoms. The zero-order valence-electron chi connectivity index (χ0n) is 60.8. The van der Waals surface area contributed by atoms with E-state index in [0.29, 0.717) is 138 Å². The maximum Gasteiger partial charge on any atom is 0.126 e. The van der Waals surface area contributed by atoms with Crippen LogP contribution in [0.4, 0.5) is 0 Å². The third-order valence-electron chi connectivity index (χ3n) is 16.9. The van der Waals surface area contributed by atoms with Crippen LogP contribution in [0.5, 0.6) is 28.7 Å². The van der Waals surface area contributed by atoms with Gasteiger partial charge in [-0.25, -0.2) is 0 Å². The molecule has 5 aromatic carbocycles. The van der Waals surface area contributed by atoms with Crippen LogP contribution >= 0.6 is 0 Å². The van der Waals surface area contributed by atoms with Gasteiger partial charge in [-0.2, -0.15) is 0 Å². The van der Waals surface area contributed by atoms with Crippen molar-refractivity contribution in [3.63, 3.8) is 0 Å². The van der Waals surface area contributed by atoms with Gasteiger partial charge in [-0.3, -0.25) is 0 Å². The molecule has 12 nitrogen and oxygen atoms in total. The summed E-state index contributed by atoms with van der Waals surface area (Å²) in [5.41, 5.74) is 15.5. The van der Waals surface area contributed by atoms with Gasteiger partial charge in [0.05, 0.1) is 91.0 Å². The molecule has 0 saturated carbocycles. The van der Waals surface area contributed by atoms with Gasteiger partial charge in [0, 0.05) is 32.1 Å². The molecule has 1 aliphatic carbocycles. The molecule has 1 heterocycles. The number of fused-ring (bicyclic) bond motifs is 4. The number of ether oxygens (including phenoxy) is 12. The Morgan fingerprint density at radius 2 is 0.457 bits per heavy atom. The second-order valence-corrected chi connectivity index (χ2v) is 31.2. The van der Waals surface area contributed by atoms with Gasteiger partial charge in [-0.1, -0.05) is 165 Å². The highest BCUT2D eigenvalue weighted by Gasteiger charge is 2.31. The van der Waals surface area contributed by atoms with Crippen LogP contribution in [0.3, 0.4) is 0 Å². The summed E-state index contributed by atoms with van der Waals surface area (Å²) in [6, 6.07) is 23.8. The number of hydrogen-bond acceptors (Lipinski definition) is 12. The second-order valence-electron chi connectivity index (χ2n) is 31.2. The van der Waals surface area contributed by atoms with E-state index in [1.165, 1.54) is 27.8 Å². The van der Waals surface area contributed by atoms with E-state index in [2.05, 4.69) is 206 Å². The molecule has 0 saturated heterocycles. The van der Waals surface area contributed by atoms with Crippen LogP contribution in [0.15, 0.2) is 60.7 Å². The topological polar surface area (TPSA) is 111 Å². The summed E-state index contributed by atoms with van der Waals surface area (Å²) in [7, 11) is 0. The van der Waals surface area contributed by atoms with Gasteiger partial charge in [0.25, 0.3) is 0 Å². The van der Waals surface area contributed by atoms with E-state index >= 15 is 0 Å². The molecule has 0 amide bonds. The molecule has 1 aliphatic heterocycles. The number of benzene rings is 5. The standard InChI is InChI=1S/C80H118O12/c1-53(2)85-32-35-90-73-60-38-56-43-66(76(7,8)9)45-58-40-62-49-69(79(16,17)18)51-64(74(62)91-36-33-86-54(3)4)42-65-52-70(80(19,20)21)50-63(75(65)92-37-34-87-55(5)6)41-59-46-67(77(10,11)12)44-57(39-61(73)48-68(47-60)78(13,14)15)72(59)89-31-29-84-27-25-82-23-22-81-24-26-83-28-30-88-71(56)58/h43-55H,22-42H2,1-21H3. The Balaban J connectivity index is 1.70. The minimum Gasteiger partial charge on any atom is -0.491 e. The molecule has 0 aromatic heterocycles. The molecule has 12 heteroatoms. The molecule has 12 bridgehead atoms. The summed E-state index contributed by atoms with van der Waals surface area (Å²) in [5, 5.41) is 0. The average Bonchev–Trinajstić information content (AvgIpc) is 0.774. The van der Waals surface area contributed by atoms with E-state index in [1.54, 1.807) is 0 Å². The predicted octanol–water partition coefficient (Wildman–Crippen LogP) is 16.7. The first-order chi connectivity index (χ1) is 43.3. The van der Waals surface area contributed by atoms with Crippen molar-refractivity contribution in [1.82, 2.24) is 0 Å². The molecule has 0 atom stereocenters. The number of hydrogen-bond donors (Lipinski definition) is 0. The Hall–Kier alpha value is -5.18. The molecular formula is C80H118O12.